The van der Waals surface area contributed by atoms with Crippen LogP contribution in [0.15, 0.2) is 84.9 Å². The molecule has 0 unspecified atom stereocenters. The van der Waals surface area contributed by atoms with Crippen LogP contribution in [-0.2, 0) is 38.5 Å². The van der Waals surface area contributed by atoms with E-state index in [9.17, 15) is 0 Å². The summed E-state index contributed by atoms with van der Waals surface area (Å²) in [4.78, 5) is 0. The van der Waals surface area contributed by atoms with Crippen molar-refractivity contribution >= 4 is 11.4 Å². The molecule has 2 heteroatoms. The van der Waals surface area contributed by atoms with Crippen LogP contribution in [0, 0.1) is 0 Å². The van der Waals surface area contributed by atoms with Crippen molar-refractivity contribution in [3.8, 4) is 0 Å². The fourth-order valence-corrected chi connectivity index (χ4v) is 8.18. The normalized spacial score (nSPS) is 11.4. The summed E-state index contributed by atoms with van der Waals surface area (Å²) in [5, 5.41) is 0. The molecule has 0 atom stereocenters. The van der Waals surface area contributed by atoms with Crippen molar-refractivity contribution in [3.05, 3.63) is 129 Å². The molecule has 4 rings (SSSR count). The van der Waals surface area contributed by atoms with Crippen molar-refractivity contribution in [2.24, 2.45) is 0 Å². The van der Waals surface area contributed by atoms with Gasteiger partial charge in [-0.25, -0.2) is 0 Å². The molecule has 4 N–H and O–H groups in total. The minimum atomic E-state index is 0.956. The van der Waals surface area contributed by atoms with Gasteiger partial charge >= 0.3 is 0 Å². The molecule has 0 saturated heterocycles. The predicted molar refractivity (Wildman–Crippen MR) is 243 cm³/mol. The first-order valence-corrected chi connectivity index (χ1v) is 22.9. The van der Waals surface area contributed by atoms with Gasteiger partial charge in [-0.3, -0.25) is 0 Å². The van der Waals surface area contributed by atoms with Crippen LogP contribution in [0.1, 0.15) is 193 Å². The third-order valence-electron chi connectivity index (χ3n) is 11.8. The van der Waals surface area contributed by atoms with E-state index in [1.165, 1.54) is 192 Å². The standard InChI is InChI=1S/C53H78N2/c1-3-5-7-16-22-26-50-42-48(36-38-52(50)54)40-46-32-28-44(29-33-46)24-20-18-14-12-10-9-11-13-15-19-21-25-45-30-34-47(35-31-45)41-49-37-39-53(55)51(43-49)27-23-17-8-6-4-2/h28-39,42-43H,3-27,40-41,54-55H2,1-2H3. The molecule has 0 fully saturated rings. The summed E-state index contributed by atoms with van der Waals surface area (Å²) in [6, 6.07) is 32.1. The Morgan fingerprint density at radius 1 is 0.291 bits per heavy atom. The van der Waals surface area contributed by atoms with Gasteiger partial charge in [0, 0.05) is 11.4 Å². The molecule has 4 aromatic carbocycles. The van der Waals surface area contributed by atoms with Crippen LogP contribution in [0.25, 0.3) is 0 Å². The Labute approximate surface area is 338 Å². The summed E-state index contributed by atoms with van der Waals surface area (Å²) < 4.78 is 0. The molecular weight excluding hydrogens is 665 g/mol. The van der Waals surface area contributed by atoms with E-state index < -0.39 is 0 Å². The lowest BCUT2D eigenvalue weighted by Gasteiger charge is -2.10. The lowest BCUT2D eigenvalue weighted by Crippen LogP contribution is -1.98. The molecule has 0 radical (unpaired) electrons. The first kappa shape index (κ1) is 44.2. The maximum Gasteiger partial charge on any atom is 0.0346 e. The van der Waals surface area contributed by atoms with Crippen molar-refractivity contribution in [2.75, 3.05) is 11.5 Å². The average Bonchev–Trinajstić information content (AvgIpc) is 3.20. The molecular formula is C53H78N2. The summed E-state index contributed by atoms with van der Waals surface area (Å²) in [5.41, 5.74) is 25.7. The molecule has 300 valence electrons. The molecule has 0 spiro atoms. The number of hydrogen-bond acceptors (Lipinski definition) is 2. The van der Waals surface area contributed by atoms with Gasteiger partial charge < -0.3 is 11.5 Å². The summed E-state index contributed by atoms with van der Waals surface area (Å²) in [6.45, 7) is 4.55. The zero-order chi connectivity index (χ0) is 38.8. The van der Waals surface area contributed by atoms with Gasteiger partial charge in [-0.15, -0.1) is 0 Å². The molecule has 0 aliphatic carbocycles. The second-order valence-corrected chi connectivity index (χ2v) is 16.8. The van der Waals surface area contributed by atoms with Crippen LogP contribution >= 0.6 is 0 Å². The lowest BCUT2D eigenvalue weighted by atomic mass is 9.97. The highest BCUT2D eigenvalue weighted by Crippen LogP contribution is 2.23. The molecule has 0 bridgehead atoms. The summed E-state index contributed by atoms with van der Waals surface area (Å²) >= 11 is 0. The van der Waals surface area contributed by atoms with Crippen LogP contribution in [0.2, 0.25) is 0 Å². The first-order chi connectivity index (χ1) is 27.0. The minimum absolute atomic E-state index is 0.956. The van der Waals surface area contributed by atoms with Gasteiger partial charge in [0.2, 0.25) is 0 Å². The van der Waals surface area contributed by atoms with E-state index in [1.54, 1.807) is 0 Å². The SMILES string of the molecule is CCCCCCCc1cc(Cc2ccc(CCCCCCCCCCCCCc3ccc(Cc4ccc(N)c(CCCCCCC)c4)cc3)cc2)ccc1N. The van der Waals surface area contributed by atoms with Gasteiger partial charge in [0.15, 0.2) is 0 Å². The van der Waals surface area contributed by atoms with E-state index in [1.807, 2.05) is 0 Å². The van der Waals surface area contributed by atoms with Gasteiger partial charge in [-0.1, -0.05) is 196 Å². The van der Waals surface area contributed by atoms with E-state index in [4.69, 9.17) is 11.5 Å². The van der Waals surface area contributed by atoms with Crippen LogP contribution in [0.3, 0.4) is 0 Å². The highest BCUT2D eigenvalue weighted by atomic mass is 14.6. The average molecular weight is 743 g/mol. The Morgan fingerprint density at radius 2 is 0.564 bits per heavy atom. The van der Waals surface area contributed by atoms with Crippen molar-refractivity contribution < 1.29 is 0 Å². The maximum absolute atomic E-state index is 6.31. The highest BCUT2D eigenvalue weighted by molar-refractivity contribution is 5.50. The number of nitrogen functional groups attached to an aromatic ring is 2. The van der Waals surface area contributed by atoms with Crippen LogP contribution in [-0.4, -0.2) is 0 Å². The number of anilines is 2. The van der Waals surface area contributed by atoms with E-state index in [0.717, 1.165) is 37.1 Å². The zero-order valence-electron chi connectivity index (χ0n) is 35.3. The van der Waals surface area contributed by atoms with Gasteiger partial charge in [-0.05, 0) is 121 Å². The van der Waals surface area contributed by atoms with E-state index >= 15 is 0 Å². The third-order valence-corrected chi connectivity index (χ3v) is 11.8. The highest BCUT2D eigenvalue weighted by Gasteiger charge is 2.06. The van der Waals surface area contributed by atoms with E-state index in [2.05, 4.69) is 98.8 Å². The van der Waals surface area contributed by atoms with Crippen LogP contribution in [0.5, 0.6) is 0 Å². The monoisotopic (exact) mass is 743 g/mol. The number of rotatable bonds is 30. The lowest BCUT2D eigenvalue weighted by molar-refractivity contribution is 0.545. The van der Waals surface area contributed by atoms with Gasteiger partial charge in [0.05, 0.1) is 0 Å². The van der Waals surface area contributed by atoms with Crippen LogP contribution in [0.4, 0.5) is 11.4 Å². The van der Waals surface area contributed by atoms with Crippen molar-refractivity contribution in [3.63, 3.8) is 0 Å². The van der Waals surface area contributed by atoms with Gasteiger partial charge in [0.1, 0.15) is 0 Å². The molecule has 55 heavy (non-hydrogen) atoms. The van der Waals surface area contributed by atoms with E-state index in [-0.39, 0.29) is 0 Å². The molecule has 0 saturated carbocycles. The number of aryl methyl sites for hydroxylation is 4. The largest absolute Gasteiger partial charge is 0.399 e. The van der Waals surface area contributed by atoms with Crippen molar-refractivity contribution in [1.82, 2.24) is 0 Å². The Hall–Kier alpha value is -3.52. The predicted octanol–water partition coefficient (Wildman–Crippen LogP) is 15.1. The maximum atomic E-state index is 6.31. The fourth-order valence-electron chi connectivity index (χ4n) is 8.18. The minimum Gasteiger partial charge on any atom is -0.399 e. The number of nitrogens with two attached hydrogens (primary N) is 2. The molecule has 0 heterocycles. The second-order valence-electron chi connectivity index (χ2n) is 16.8. The molecule has 0 amide bonds. The smallest absolute Gasteiger partial charge is 0.0346 e. The van der Waals surface area contributed by atoms with Crippen molar-refractivity contribution in [1.29, 1.82) is 0 Å². The van der Waals surface area contributed by atoms with Gasteiger partial charge in [0.25, 0.3) is 0 Å². The summed E-state index contributed by atoms with van der Waals surface area (Å²) in [7, 11) is 0. The third kappa shape index (κ3) is 18.3. The Kier molecular flexibility index (Phi) is 21.8. The first-order valence-electron chi connectivity index (χ1n) is 22.9. The second kappa shape index (κ2) is 27.1. The fraction of sp³-hybridized carbons (Fsp3) is 0.547. The number of benzene rings is 4. The molecule has 4 aromatic rings. The summed E-state index contributed by atoms with van der Waals surface area (Å²) in [6.07, 6.45) is 34.8. The Morgan fingerprint density at radius 3 is 0.909 bits per heavy atom. The number of unbranched alkanes of at least 4 members (excludes halogenated alkanes) is 18. The van der Waals surface area contributed by atoms with Crippen LogP contribution < -0.4 is 11.5 Å². The Balaban J connectivity index is 0.975. The molecule has 0 aliphatic rings. The zero-order valence-corrected chi connectivity index (χ0v) is 35.3. The molecule has 0 aliphatic heterocycles. The molecule has 2 nitrogen and oxygen atoms in total. The quantitative estimate of drug-likeness (QED) is 0.0413. The van der Waals surface area contributed by atoms with Gasteiger partial charge in [-0.2, -0.15) is 0 Å². The topological polar surface area (TPSA) is 52.0 Å². The number of hydrogen-bond donors (Lipinski definition) is 2. The van der Waals surface area contributed by atoms with E-state index in [0.29, 0.717) is 0 Å². The Bertz CT molecular complexity index is 1450. The van der Waals surface area contributed by atoms with Crippen molar-refractivity contribution in [2.45, 2.75) is 187 Å². The molecule has 0 aromatic heterocycles. The summed E-state index contributed by atoms with van der Waals surface area (Å²) in [5.74, 6) is 0.